The van der Waals surface area contributed by atoms with Crippen LogP contribution in [0, 0.1) is 0 Å². The number of nitrogens with one attached hydrogen (secondary N) is 2. The molecule has 31 heavy (non-hydrogen) atoms. The van der Waals surface area contributed by atoms with Gasteiger partial charge in [0.1, 0.15) is 5.82 Å². The van der Waals surface area contributed by atoms with Crippen LogP contribution in [0.1, 0.15) is 23.7 Å². The van der Waals surface area contributed by atoms with Crippen LogP contribution >= 0.6 is 0 Å². The molecule has 6 heteroatoms. The second-order valence-corrected chi connectivity index (χ2v) is 7.55. The minimum Gasteiger partial charge on any atom is -0.349 e. The third kappa shape index (κ3) is 4.64. The van der Waals surface area contributed by atoms with Crippen LogP contribution < -0.4 is 10.6 Å². The highest BCUT2D eigenvalue weighted by molar-refractivity contribution is 5.95. The van der Waals surface area contributed by atoms with Gasteiger partial charge in [-0.05, 0) is 55.5 Å². The second-order valence-electron chi connectivity index (χ2n) is 7.55. The molecule has 0 bridgehead atoms. The maximum Gasteiger partial charge on any atom is 0.251 e. The Bertz CT molecular complexity index is 1210. The van der Waals surface area contributed by atoms with Gasteiger partial charge in [-0.15, -0.1) is 0 Å². The number of amides is 2. The van der Waals surface area contributed by atoms with Crippen molar-refractivity contribution in [1.29, 1.82) is 0 Å². The summed E-state index contributed by atoms with van der Waals surface area (Å²) in [6.45, 7) is 1.81. The minimum atomic E-state index is -0.285. The number of aromatic nitrogens is 2. The van der Waals surface area contributed by atoms with Crippen molar-refractivity contribution >= 4 is 28.5 Å². The van der Waals surface area contributed by atoms with Crippen molar-refractivity contribution in [2.45, 2.75) is 19.4 Å². The van der Waals surface area contributed by atoms with Crippen molar-refractivity contribution in [1.82, 2.24) is 14.9 Å². The molecule has 3 aromatic carbocycles. The summed E-state index contributed by atoms with van der Waals surface area (Å²) >= 11 is 0. The summed E-state index contributed by atoms with van der Waals surface area (Å²) < 4.78 is 2.06. The Hall–Kier alpha value is -3.93. The van der Waals surface area contributed by atoms with Gasteiger partial charge in [-0.25, -0.2) is 4.98 Å². The summed E-state index contributed by atoms with van der Waals surface area (Å²) in [5, 5.41) is 5.74. The van der Waals surface area contributed by atoms with Crippen molar-refractivity contribution < 1.29 is 9.59 Å². The fourth-order valence-electron chi connectivity index (χ4n) is 3.54. The maximum absolute atomic E-state index is 12.4. The third-order valence-corrected chi connectivity index (χ3v) is 5.12. The van der Waals surface area contributed by atoms with Crippen LogP contribution in [0.15, 0.2) is 78.9 Å². The lowest BCUT2D eigenvalue weighted by Gasteiger charge is -2.14. The zero-order valence-corrected chi connectivity index (χ0v) is 17.5. The molecular formula is C25H24N4O2. The minimum absolute atomic E-state index is 0.156. The van der Waals surface area contributed by atoms with E-state index in [1.165, 1.54) is 0 Å². The predicted molar refractivity (Wildman–Crippen MR) is 123 cm³/mol. The standard InChI is InChI=1S/C25H24N4O2/c1-17(26-25(31)19-8-4-3-5-9-19)16-23(30)27-20-14-12-18(13-15-20)24-28-21-10-6-7-11-22(21)29(24)2/h3-15,17H,16H2,1-2H3,(H,26,31)(H,27,30). The van der Waals surface area contributed by atoms with E-state index in [9.17, 15) is 9.59 Å². The topological polar surface area (TPSA) is 76.0 Å². The van der Waals surface area contributed by atoms with Crippen LogP contribution in [0.2, 0.25) is 0 Å². The molecule has 4 rings (SSSR count). The first-order valence-electron chi connectivity index (χ1n) is 10.2. The number of rotatable bonds is 6. The van der Waals surface area contributed by atoms with Gasteiger partial charge in [-0.1, -0.05) is 30.3 Å². The lowest BCUT2D eigenvalue weighted by Crippen LogP contribution is -2.35. The van der Waals surface area contributed by atoms with Gasteiger partial charge in [-0.2, -0.15) is 0 Å². The predicted octanol–water partition coefficient (Wildman–Crippen LogP) is 4.39. The number of para-hydroxylation sites is 2. The Morgan fingerprint density at radius 3 is 2.32 bits per heavy atom. The van der Waals surface area contributed by atoms with Gasteiger partial charge >= 0.3 is 0 Å². The Morgan fingerprint density at radius 2 is 1.61 bits per heavy atom. The van der Waals surface area contributed by atoms with E-state index in [0.29, 0.717) is 11.3 Å². The number of benzene rings is 3. The first-order chi connectivity index (χ1) is 15.0. The number of anilines is 1. The van der Waals surface area contributed by atoms with Gasteiger partial charge in [0.2, 0.25) is 5.91 Å². The molecule has 0 radical (unpaired) electrons. The molecule has 0 aliphatic rings. The highest BCUT2D eigenvalue weighted by Gasteiger charge is 2.14. The Labute approximate surface area is 180 Å². The van der Waals surface area contributed by atoms with Gasteiger partial charge in [0.15, 0.2) is 0 Å². The van der Waals surface area contributed by atoms with Gasteiger partial charge in [0, 0.05) is 36.3 Å². The number of nitrogens with zero attached hydrogens (tertiary/aromatic N) is 2. The van der Waals surface area contributed by atoms with E-state index in [2.05, 4.69) is 15.2 Å². The number of carbonyl (C=O) groups is 2. The van der Waals surface area contributed by atoms with Crippen LogP contribution in [0.3, 0.4) is 0 Å². The van der Waals surface area contributed by atoms with E-state index in [0.717, 1.165) is 22.4 Å². The normalized spacial score (nSPS) is 11.8. The molecule has 6 nitrogen and oxygen atoms in total. The van der Waals surface area contributed by atoms with Gasteiger partial charge < -0.3 is 15.2 Å². The average molecular weight is 412 g/mol. The van der Waals surface area contributed by atoms with Crippen molar-refractivity contribution in [2.24, 2.45) is 7.05 Å². The highest BCUT2D eigenvalue weighted by atomic mass is 16.2. The van der Waals surface area contributed by atoms with E-state index >= 15 is 0 Å². The van der Waals surface area contributed by atoms with Crippen molar-refractivity contribution in [2.75, 3.05) is 5.32 Å². The molecule has 0 saturated heterocycles. The molecule has 0 saturated carbocycles. The zero-order valence-electron chi connectivity index (χ0n) is 17.5. The van der Waals surface area contributed by atoms with Gasteiger partial charge in [0.25, 0.3) is 5.91 Å². The van der Waals surface area contributed by atoms with E-state index in [1.807, 2.05) is 80.7 Å². The molecule has 0 aliphatic heterocycles. The molecule has 0 fully saturated rings. The van der Waals surface area contributed by atoms with E-state index < -0.39 is 0 Å². The third-order valence-electron chi connectivity index (χ3n) is 5.12. The highest BCUT2D eigenvalue weighted by Crippen LogP contribution is 2.24. The van der Waals surface area contributed by atoms with Crippen molar-refractivity contribution in [3.8, 4) is 11.4 Å². The summed E-state index contributed by atoms with van der Waals surface area (Å²) in [5.41, 5.74) is 4.27. The first-order valence-corrected chi connectivity index (χ1v) is 10.2. The van der Waals surface area contributed by atoms with E-state index in [4.69, 9.17) is 4.98 Å². The molecule has 1 aromatic heterocycles. The van der Waals surface area contributed by atoms with E-state index in [-0.39, 0.29) is 24.3 Å². The molecule has 156 valence electrons. The number of imidazole rings is 1. The number of aryl methyl sites for hydroxylation is 1. The smallest absolute Gasteiger partial charge is 0.251 e. The fraction of sp³-hybridized carbons (Fsp3) is 0.160. The van der Waals surface area contributed by atoms with Crippen LogP contribution in [0.4, 0.5) is 5.69 Å². The summed E-state index contributed by atoms with van der Waals surface area (Å²) in [6, 6.07) is 24.3. The second kappa shape index (κ2) is 8.83. The Kier molecular flexibility index (Phi) is 5.80. The molecule has 0 aliphatic carbocycles. The number of fused-ring (bicyclic) bond motifs is 1. The molecule has 2 N–H and O–H groups in total. The van der Waals surface area contributed by atoms with Crippen LogP contribution in [0.5, 0.6) is 0 Å². The van der Waals surface area contributed by atoms with Crippen LogP contribution in [-0.4, -0.2) is 27.4 Å². The summed E-state index contributed by atoms with van der Waals surface area (Å²) in [7, 11) is 1.99. The number of carbonyl (C=O) groups excluding carboxylic acids is 2. The lowest BCUT2D eigenvalue weighted by atomic mass is 10.1. The van der Waals surface area contributed by atoms with Crippen molar-refractivity contribution in [3.05, 3.63) is 84.4 Å². The Balaban J connectivity index is 1.36. The summed E-state index contributed by atoms with van der Waals surface area (Å²) in [6.07, 6.45) is 0.186. The number of hydrogen-bond acceptors (Lipinski definition) is 3. The van der Waals surface area contributed by atoms with Crippen LogP contribution in [-0.2, 0) is 11.8 Å². The molecule has 1 heterocycles. The Morgan fingerprint density at radius 1 is 0.935 bits per heavy atom. The SMILES string of the molecule is CC(CC(=O)Nc1ccc(-c2nc3ccccc3n2C)cc1)NC(=O)c1ccccc1. The maximum atomic E-state index is 12.4. The summed E-state index contributed by atoms with van der Waals surface area (Å²) in [4.78, 5) is 29.3. The molecule has 1 atom stereocenters. The monoisotopic (exact) mass is 412 g/mol. The average Bonchev–Trinajstić information content (AvgIpc) is 3.11. The van der Waals surface area contributed by atoms with Gasteiger partial charge in [0.05, 0.1) is 11.0 Å². The fourth-order valence-corrected chi connectivity index (χ4v) is 3.54. The zero-order chi connectivity index (χ0) is 21.8. The number of hydrogen-bond donors (Lipinski definition) is 2. The molecular weight excluding hydrogens is 388 g/mol. The molecule has 4 aromatic rings. The lowest BCUT2D eigenvalue weighted by molar-refractivity contribution is -0.116. The molecule has 0 spiro atoms. The van der Waals surface area contributed by atoms with Gasteiger partial charge in [-0.3, -0.25) is 9.59 Å². The molecule has 1 unspecified atom stereocenters. The van der Waals surface area contributed by atoms with Crippen LogP contribution in [0.25, 0.3) is 22.4 Å². The summed E-state index contributed by atoms with van der Waals surface area (Å²) in [5.74, 6) is 0.528. The van der Waals surface area contributed by atoms with Crippen molar-refractivity contribution in [3.63, 3.8) is 0 Å². The van der Waals surface area contributed by atoms with E-state index in [1.54, 1.807) is 12.1 Å². The quantitative estimate of drug-likeness (QED) is 0.493. The largest absolute Gasteiger partial charge is 0.349 e. The first kappa shape index (κ1) is 20.3. The molecule has 2 amide bonds.